The molecule has 2 bridgehead atoms. The zero-order chi connectivity index (χ0) is 12.6. The largest absolute Gasteiger partial charge is 0.380 e. The minimum Gasteiger partial charge on any atom is -0.380 e. The van der Waals surface area contributed by atoms with Crippen LogP contribution in [0.25, 0.3) is 0 Å². The van der Waals surface area contributed by atoms with Gasteiger partial charge in [0.05, 0.1) is 5.60 Å². The summed E-state index contributed by atoms with van der Waals surface area (Å²) in [7, 11) is 1.20. The lowest BCUT2D eigenvalue weighted by Crippen LogP contribution is -2.43. The first-order valence-corrected chi connectivity index (χ1v) is 7.68. The van der Waals surface area contributed by atoms with Crippen molar-refractivity contribution in [1.82, 2.24) is 0 Å². The fourth-order valence-corrected chi connectivity index (χ4v) is 4.78. The van der Waals surface area contributed by atoms with Crippen molar-refractivity contribution in [3.63, 3.8) is 0 Å². The van der Waals surface area contributed by atoms with Crippen LogP contribution in [0, 0.1) is 23.7 Å². The average molecular weight is 236 g/mol. The Hall–Kier alpha value is 0.0249. The Morgan fingerprint density at radius 1 is 1.29 bits per heavy atom. The van der Waals surface area contributed by atoms with Crippen molar-refractivity contribution < 1.29 is 4.74 Å². The van der Waals surface area contributed by atoms with Gasteiger partial charge in [0, 0.05) is 6.00 Å². The van der Waals surface area contributed by atoms with Crippen LogP contribution in [-0.4, -0.2) is 18.9 Å². The highest BCUT2D eigenvalue weighted by Gasteiger charge is 2.56. The van der Waals surface area contributed by atoms with Gasteiger partial charge in [0.25, 0.3) is 0 Å². The molecule has 2 rings (SSSR count). The quantitative estimate of drug-likeness (QED) is 0.676. The molecule has 0 aromatic heterocycles. The lowest BCUT2D eigenvalue weighted by molar-refractivity contribution is -0.0686. The van der Waals surface area contributed by atoms with Gasteiger partial charge in [-0.2, -0.15) is 0 Å². The van der Waals surface area contributed by atoms with E-state index in [0.717, 1.165) is 23.7 Å². The van der Waals surface area contributed by atoms with E-state index in [4.69, 9.17) is 4.74 Å². The lowest BCUT2D eigenvalue weighted by Gasteiger charge is -2.43. The van der Waals surface area contributed by atoms with Gasteiger partial charge in [-0.1, -0.05) is 40.9 Å². The van der Waals surface area contributed by atoms with Crippen molar-refractivity contribution in [2.75, 3.05) is 0 Å². The van der Waals surface area contributed by atoms with E-state index in [9.17, 15) is 0 Å². The summed E-state index contributed by atoms with van der Waals surface area (Å²) in [6.45, 7) is 11.8. The maximum Gasteiger partial charge on any atom is 0.154 e. The molecule has 0 spiro atoms. The summed E-state index contributed by atoms with van der Waals surface area (Å²) < 4.78 is 6.61. The number of hydrogen-bond donors (Lipinski definition) is 0. The van der Waals surface area contributed by atoms with Gasteiger partial charge in [-0.05, 0) is 42.9 Å². The van der Waals surface area contributed by atoms with Crippen LogP contribution in [-0.2, 0) is 4.74 Å². The fraction of sp³-hybridized carbons (Fsp3) is 1.00. The number of hydrogen-bond acceptors (Lipinski definition) is 1. The van der Waals surface area contributed by atoms with Crippen LogP contribution in [0.3, 0.4) is 0 Å². The molecule has 0 aromatic rings. The van der Waals surface area contributed by atoms with E-state index in [1.807, 2.05) is 0 Å². The molecule has 1 aliphatic heterocycles. The van der Waals surface area contributed by atoms with Crippen LogP contribution in [0.5, 0.6) is 0 Å². The van der Waals surface area contributed by atoms with Crippen LogP contribution in [0.15, 0.2) is 0 Å². The van der Waals surface area contributed by atoms with Crippen LogP contribution in [0.4, 0.5) is 0 Å². The van der Waals surface area contributed by atoms with Crippen molar-refractivity contribution in [3.05, 3.63) is 0 Å². The molecule has 0 radical (unpaired) electrons. The highest BCUT2D eigenvalue weighted by atomic mass is 16.5. The topological polar surface area (TPSA) is 9.23 Å². The van der Waals surface area contributed by atoms with Gasteiger partial charge in [-0.15, -0.1) is 0 Å². The van der Waals surface area contributed by atoms with Gasteiger partial charge >= 0.3 is 0 Å². The van der Waals surface area contributed by atoms with Gasteiger partial charge in [-0.25, -0.2) is 0 Å². The maximum atomic E-state index is 6.61. The SMILES string of the molecule is CBC1OC2(CC(C)C)CCCC1C2C(C)C. The average Bonchev–Trinajstić information content (AvgIpc) is 2.41. The van der Waals surface area contributed by atoms with E-state index in [1.54, 1.807) is 0 Å². The van der Waals surface area contributed by atoms with Crippen molar-refractivity contribution in [3.8, 4) is 0 Å². The Morgan fingerprint density at radius 2 is 2.00 bits per heavy atom. The van der Waals surface area contributed by atoms with Crippen molar-refractivity contribution >= 4 is 7.28 Å². The molecule has 4 unspecified atom stereocenters. The van der Waals surface area contributed by atoms with Gasteiger partial charge in [0.15, 0.2) is 7.28 Å². The molecule has 4 atom stereocenters. The molecule has 1 heterocycles. The minimum absolute atomic E-state index is 0.228. The van der Waals surface area contributed by atoms with Crippen molar-refractivity contribution in [1.29, 1.82) is 0 Å². The lowest BCUT2D eigenvalue weighted by atomic mass is 9.58. The van der Waals surface area contributed by atoms with Gasteiger partial charge in [-0.3, -0.25) is 0 Å². The summed E-state index contributed by atoms with van der Waals surface area (Å²) in [6.07, 6.45) is 5.36. The molecule has 1 aliphatic carbocycles. The monoisotopic (exact) mass is 236 g/mol. The molecule has 2 fully saturated rings. The van der Waals surface area contributed by atoms with E-state index in [-0.39, 0.29) is 5.60 Å². The zero-order valence-corrected chi connectivity index (χ0v) is 12.3. The summed E-state index contributed by atoms with van der Waals surface area (Å²) in [6, 6.07) is 0.545. The van der Waals surface area contributed by atoms with Gasteiger partial charge in [0.2, 0.25) is 0 Å². The predicted octanol–water partition coefficient (Wildman–Crippen LogP) is 3.68. The van der Waals surface area contributed by atoms with E-state index < -0.39 is 0 Å². The molecular weight excluding hydrogens is 207 g/mol. The van der Waals surface area contributed by atoms with Crippen molar-refractivity contribution in [2.45, 2.75) is 71.8 Å². The van der Waals surface area contributed by atoms with Gasteiger partial charge < -0.3 is 4.74 Å². The Bertz CT molecular complexity index is 264. The zero-order valence-electron chi connectivity index (χ0n) is 12.3. The molecule has 1 nitrogen and oxygen atoms in total. The molecule has 2 heteroatoms. The van der Waals surface area contributed by atoms with Gasteiger partial charge in [0.1, 0.15) is 0 Å². The minimum atomic E-state index is 0.228. The second-order valence-corrected chi connectivity index (χ2v) is 7.05. The molecule has 1 saturated carbocycles. The third-order valence-electron chi connectivity index (χ3n) is 4.94. The molecule has 0 N–H and O–H groups in total. The third kappa shape index (κ3) is 2.30. The van der Waals surface area contributed by atoms with E-state index >= 15 is 0 Å². The number of fused-ring (bicyclic) bond motifs is 2. The molecular formula is C15H29BO. The smallest absolute Gasteiger partial charge is 0.154 e. The molecule has 1 saturated heterocycles. The molecule has 0 aromatic carbocycles. The van der Waals surface area contributed by atoms with E-state index in [0.29, 0.717) is 6.00 Å². The molecule has 0 amide bonds. The summed E-state index contributed by atoms with van der Waals surface area (Å²) in [4.78, 5) is 0. The van der Waals surface area contributed by atoms with Crippen LogP contribution in [0.2, 0.25) is 6.82 Å². The first-order chi connectivity index (χ1) is 8.00. The second kappa shape index (κ2) is 4.95. The Morgan fingerprint density at radius 3 is 2.53 bits per heavy atom. The Kier molecular flexibility index (Phi) is 3.92. The van der Waals surface area contributed by atoms with Crippen LogP contribution >= 0.6 is 0 Å². The molecule has 2 aliphatic rings. The molecule has 17 heavy (non-hydrogen) atoms. The summed E-state index contributed by atoms with van der Waals surface area (Å²) in [5.41, 5.74) is 0.228. The second-order valence-electron chi connectivity index (χ2n) is 7.05. The van der Waals surface area contributed by atoms with E-state index in [1.165, 1.54) is 33.0 Å². The molecule has 98 valence electrons. The first-order valence-electron chi connectivity index (χ1n) is 7.68. The van der Waals surface area contributed by atoms with E-state index in [2.05, 4.69) is 34.5 Å². The standard InChI is InChI=1S/C15H29BO/c1-10(2)9-15-8-6-7-12(13(15)11(3)4)14(16-5)17-15/h10-14,16H,6-9H2,1-5H3. The summed E-state index contributed by atoms with van der Waals surface area (Å²) in [5.74, 6) is 3.18. The third-order valence-corrected chi connectivity index (χ3v) is 4.94. The number of rotatable bonds is 4. The van der Waals surface area contributed by atoms with Crippen molar-refractivity contribution in [2.24, 2.45) is 23.7 Å². The van der Waals surface area contributed by atoms with Crippen LogP contribution < -0.4 is 0 Å². The highest BCUT2D eigenvalue weighted by Crippen LogP contribution is 2.55. The highest BCUT2D eigenvalue weighted by molar-refractivity contribution is 6.35. The Labute approximate surface area is 108 Å². The summed E-state index contributed by atoms with van der Waals surface area (Å²) >= 11 is 0. The maximum absolute atomic E-state index is 6.61. The first kappa shape index (κ1) is 13.5. The number of ether oxygens (including phenoxy) is 1. The normalized spacial score (nSPS) is 41.2. The fourth-order valence-electron chi connectivity index (χ4n) is 4.78. The van der Waals surface area contributed by atoms with Crippen LogP contribution in [0.1, 0.15) is 53.4 Å². The predicted molar refractivity (Wildman–Crippen MR) is 75.7 cm³/mol. The summed E-state index contributed by atoms with van der Waals surface area (Å²) in [5, 5.41) is 0. The Balaban J connectivity index is 2.26.